The topological polar surface area (TPSA) is 20.2 Å². The van der Waals surface area contributed by atoms with Crippen LogP contribution in [0.15, 0.2) is 48.5 Å². The standard InChI is InChI=1S/C16H15F3O/c17-16(18,19)15-7-5-12(6-8-15)11-14-4-2-1-3-13(14)9-10-20/h1-8,20H,9-11H2. The van der Waals surface area contributed by atoms with Gasteiger partial charge in [-0.2, -0.15) is 13.2 Å². The fourth-order valence-corrected chi connectivity index (χ4v) is 2.13. The first-order chi connectivity index (χ1) is 9.50. The largest absolute Gasteiger partial charge is 0.416 e. The minimum Gasteiger partial charge on any atom is -0.396 e. The number of aliphatic hydroxyl groups excluding tert-OH is 1. The predicted molar refractivity (Wildman–Crippen MR) is 71.5 cm³/mol. The molecule has 1 N–H and O–H groups in total. The van der Waals surface area contributed by atoms with Crippen LogP contribution < -0.4 is 0 Å². The van der Waals surface area contributed by atoms with E-state index in [9.17, 15) is 13.2 Å². The quantitative estimate of drug-likeness (QED) is 0.902. The van der Waals surface area contributed by atoms with Crippen molar-refractivity contribution in [3.63, 3.8) is 0 Å². The van der Waals surface area contributed by atoms with Crippen LogP contribution >= 0.6 is 0 Å². The number of halogens is 3. The van der Waals surface area contributed by atoms with Gasteiger partial charge in [0.15, 0.2) is 0 Å². The highest BCUT2D eigenvalue weighted by atomic mass is 19.4. The summed E-state index contributed by atoms with van der Waals surface area (Å²) in [7, 11) is 0. The van der Waals surface area contributed by atoms with Gasteiger partial charge >= 0.3 is 6.18 Å². The van der Waals surface area contributed by atoms with Crippen molar-refractivity contribution >= 4 is 0 Å². The van der Waals surface area contributed by atoms with Crippen molar-refractivity contribution < 1.29 is 18.3 Å². The van der Waals surface area contributed by atoms with E-state index in [0.717, 1.165) is 28.8 Å². The molecule has 0 aliphatic rings. The van der Waals surface area contributed by atoms with Gasteiger partial charge in [-0.15, -0.1) is 0 Å². The third-order valence-corrected chi connectivity index (χ3v) is 3.18. The van der Waals surface area contributed by atoms with Gasteiger partial charge in [0, 0.05) is 6.61 Å². The summed E-state index contributed by atoms with van der Waals surface area (Å²) in [5, 5.41) is 9.01. The number of aliphatic hydroxyl groups is 1. The Bertz CT molecular complexity index is 559. The van der Waals surface area contributed by atoms with E-state index < -0.39 is 11.7 Å². The Labute approximate surface area is 115 Å². The molecule has 2 aromatic rings. The molecule has 0 radical (unpaired) electrons. The number of hydrogen-bond acceptors (Lipinski definition) is 1. The SMILES string of the molecule is OCCc1ccccc1Cc1ccc(C(F)(F)F)cc1. The minimum absolute atomic E-state index is 0.0595. The summed E-state index contributed by atoms with van der Waals surface area (Å²) in [6.07, 6.45) is -3.18. The molecule has 2 aromatic carbocycles. The van der Waals surface area contributed by atoms with Crippen LogP contribution in [0.3, 0.4) is 0 Å². The van der Waals surface area contributed by atoms with Gasteiger partial charge in [0.25, 0.3) is 0 Å². The Kier molecular flexibility index (Phi) is 4.45. The lowest BCUT2D eigenvalue weighted by Gasteiger charge is -2.10. The van der Waals surface area contributed by atoms with Crippen LogP contribution in [0, 0.1) is 0 Å². The molecule has 106 valence electrons. The molecular formula is C16H15F3O. The van der Waals surface area contributed by atoms with Gasteiger partial charge in [0.1, 0.15) is 0 Å². The summed E-state index contributed by atoms with van der Waals surface area (Å²) >= 11 is 0. The summed E-state index contributed by atoms with van der Waals surface area (Å²) in [5.41, 5.74) is 2.24. The Morgan fingerprint density at radius 1 is 0.850 bits per heavy atom. The molecule has 2 rings (SSSR count). The van der Waals surface area contributed by atoms with E-state index in [1.54, 1.807) is 0 Å². The summed E-state index contributed by atoms with van der Waals surface area (Å²) in [6.45, 7) is 0.0595. The molecule has 0 heterocycles. The number of rotatable bonds is 4. The number of benzene rings is 2. The highest BCUT2D eigenvalue weighted by Crippen LogP contribution is 2.29. The lowest BCUT2D eigenvalue weighted by atomic mass is 9.97. The van der Waals surface area contributed by atoms with Crippen molar-refractivity contribution in [1.29, 1.82) is 0 Å². The molecule has 1 nitrogen and oxygen atoms in total. The molecule has 0 aromatic heterocycles. The molecule has 0 aliphatic heterocycles. The van der Waals surface area contributed by atoms with Gasteiger partial charge < -0.3 is 5.11 Å². The van der Waals surface area contributed by atoms with Crippen molar-refractivity contribution in [2.45, 2.75) is 19.0 Å². The monoisotopic (exact) mass is 280 g/mol. The highest BCUT2D eigenvalue weighted by Gasteiger charge is 2.29. The number of alkyl halides is 3. The Morgan fingerprint density at radius 3 is 2.00 bits per heavy atom. The second-order valence-electron chi connectivity index (χ2n) is 4.61. The molecule has 0 atom stereocenters. The predicted octanol–water partition coefficient (Wildman–Crippen LogP) is 3.83. The lowest BCUT2D eigenvalue weighted by molar-refractivity contribution is -0.137. The van der Waals surface area contributed by atoms with Crippen molar-refractivity contribution in [2.75, 3.05) is 6.61 Å². The third kappa shape index (κ3) is 3.61. The van der Waals surface area contributed by atoms with Gasteiger partial charge in [-0.05, 0) is 41.7 Å². The van der Waals surface area contributed by atoms with Crippen LogP contribution in [0.5, 0.6) is 0 Å². The average Bonchev–Trinajstić information content (AvgIpc) is 2.41. The first-order valence-electron chi connectivity index (χ1n) is 6.34. The van der Waals surface area contributed by atoms with Gasteiger partial charge in [0.05, 0.1) is 5.56 Å². The Morgan fingerprint density at radius 2 is 1.45 bits per heavy atom. The normalized spacial score (nSPS) is 11.6. The zero-order valence-corrected chi connectivity index (χ0v) is 10.8. The van der Waals surface area contributed by atoms with Crippen LogP contribution in [-0.4, -0.2) is 11.7 Å². The molecule has 0 saturated carbocycles. The van der Waals surface area contributed by atoms with Gasteiger partial charge in [0.2, 0.25) is 0 Å². The van der Waals surface area contributed by atoms with Crippen LogP contribution in [0.2, 0.25) is 0 Å². The second-order valence-corrected chi connectivity index (χ2v) is 4.61. The van der Waals surface area contributed by atoms with E-state index >= 15 is 0 Å². The summed E-state index contributed by atoms with van der Waals surface area (Å²) in [4.78, 5) is 0. The number of hydrogen-bond donors (Lipinski definition) is 1. The molecule has 0 aliphatic carbocycles. The highest BCUT2D eigenvalue weighted by molar-refractivity contribution is 5.34. The van der Waals surface area contributed by atoms with Gasteiger partial charge in [-0.1, -0.05) is 36.4 Å². The zero-order valence-electron chi connectivity index (χ0n) is 10.8. The maximum absolute atomic E-state index is 12.5. The smallest absolute Gasteiger partial charge is 0.396 e. The maximum atomic E-state index is 12.5. The lowest BCUT2D eigenvalue weighted by Crippen LogP contribution is -2.05. The van der Waals surface area contributed by atoms with Crippen molar-refractivity contribution in [1.82, 2.24) is 0 Å². The van der Waals surface area contributed by atoms with Gasteiger partial charge in [-0.3, -0.25) is 0 Å². The molecule has 0 unspecified atom stereocenters. The first kappa shape index (κ1) is 14.6. The molecule has 4 heteroatoms. The van der Waals surface area contributed by atoms with Crippen molar-refractivity contribution in [3.05, 3.63) is 70.8 Å². The third-order valence-electron chi connectivity index (χ3n) is 3.18. The minimum atomic E-state index is -4.30. The van der Waals surface area contributed by atoms with Gasteiger partial charge in [-0.25, -0.2) is 0 Å². The van der Waals surface area contributed by atoms with E-state index in [0.29, 0.717) is 12.8 Å². The zero-order chi connectivity index (χ0) is 14.6. The van der Waals surface area contributed by atoms with E-state index in [2.05, 4.69) is 0 Å². The first-order valence-corrected chi connectivity index (χ1v) is 6.34. The molecule has 0 spiro atoms. The van der Waals surface area contributed by atoms with E-state index in [-0.39, 0.29) is 6.61 Å². The van der Waals surface area contributed by atoms with E-state index in [1.165, 1.54) is 12.1 Å². The van der Waals surface area contributed by atoms with Crippen LogP contribution in [0.25, 0.3) is 0 Å². The van der Waals surface area contributed by atoms with E-state index in [4.69, 9.17) is 5.11 Å². The van der Waals surface area contributed by atoms with Crippen molar-refractivity contribution in [3.8, 4) is 0 Å². The van der Waals surface area contributed by atoms with Crippen LogP contribution in [0.4, 0.5) is 13.2 Å². The molecular weight excluding hydrogens is 265 g/mol. The summed E-state index contributed by atoms with van der Waals surface area (Å²) < 4.78 is 37.4. The fraction of sp³-hybridized carbons (Fsp3) is 0.250. The molecule has 0 fully saturated rings. The summed E-state index contributed by atoms with van der Waals surface area (Å²) in [5.74, 6) is 0. The second kappa shape index (κ2) is 6.09. The molecule has 0 amide bonds. The van der Waals surface area contributed by atoms with Crippen LogP contribution in [-0.2, 0) is 19.0 Å². The Hall–Kier alpha value is -1.81. The average molecular weight is 280 g/mol. The molecule has 0 saturated heterocycles. The molecule has 0 bridgehead atoms. The van der Waals surface area contributed by atoms with Crippen LogP contribution in [0.1, 0.15) is 22.3 Å². The summed E-state index contributed by atoms with van der Waals surface area (Å²) in [6, 6.07) is 12.8. The van der Waals surface area contributed by atoms with Crippen molar-refractivity contribution in [2.24, 2.45) is 0 Å². The fourth-order valence-electron chi connectivity index (χ4n) is 2.13. The maximum Gasteiger partial charge on any atom is 0.416 e. The molecule has 20 heavy (non-hydrogen) atoms. The van der Waals surface area contributed by atoms with E-state index in [1.807, 2.05) is 24.3 Å². The Balaban J connectivity index is 2.18.